The van der Waals surface area contributed by atoms with Crippen LogP contribution in [0.25, 0.3) is 0 Å². The van der Waals surface area contributed by atoms with Crippen LogP contribution in [0.4, 0.5) is 0 Å². The lowest BCUT2D eigenvalue weighted by atomic mass is 10.2. The van der Waals surface area contributed by atoms with Crippen molar-refractivity contribution < 1.29 is 9.84 Å². The zero-order valence-electron chi connectivity index (χ0n) is 6.34. The van der Waals surface area contributed by atoms with Gasteiger partial charge in [0.15, 0.2) is 0 Å². The van der Waals surface area contributed by atoms with Gasteiger partial charge in [-0.25, -0.2) is 0 Å². The summed E-state index contributed by atoms with van der Waals surface area (Å²) in [5.41, 5.74) is 0. The molecule has 1 fully saturated rings. The summed E-state index contributed by atoms with van der Waals surface area (Å²) >= 11 is 0. The molecule has 0 spiro atoms. The molecule has 1 heterocycles. The predicted octanol–water partition coefficient (Wildman–Crippen LogP) is 2.02. The van der Waals surface area contributed by atoms with E-state index in [9.17, 15) is 5.11 Å². The highest BCUT2D eigenvalue weighted by molar-refractivity contribution is 4.99. The average molecular weight is 142 g/mol. The molecule has 0 aromatic carbocycles. The van der Waals surface area contributed by atoms with Gasteiger partial charge in [-0.15, -0.1) is 0 Å². The second kappa shape index (κ2) is 3.62. The second-order valence-corrected chi connectivity index (χ2v) is 2.54. The molecule has 1 saturated heterocycles. The molecule has 0 radical (unpaired) electrons. The fourth-order valence-electron chi connectivity index (χ4n) is 1.15. The molecule has 2 nitrogen and oxygen atoms in total. The first-order valence-corrected chi connectivity index (χ1v) is 3.85. The minimum absolute atomic E-state index is 0.0000463. The van der Waals surface area contributed by atoms with Gasteiger partial charge in [0.2, 0.25) is 0 Å². The largest absolute Gasteiger partial charge is 0.510 e. The molecule has 0 amide bonds. The SMILES string of the molecule is CC/C=C(\O)C1CCCO1. The summed E-state index contributed by atoms with van der Waals surface area (Å²) in [5.74, 6) is 0.417. The Balaban J connectivity index is 2.39. The molecule has 2 heteroatoms. The summed E-state index contributed by atoms with van der Waals surface area (Å²) in [6.07, 6.45) is 4.75. The summed E-state index contributed by atoms with van der Waals surface area (Å²) in [6.45, 7) is 2.80. The molecule has 1 aliphatic heterocycles. The van der Waals surface area contributed by atoms with Crippen molar-refractivity contribution in [2.75, 3.05) is 6.61 Å². The molecule has 0 bridgehead atoms. The first-order chi connectivity index (χ1) is 4.84. The molecule has 58 valence electrons. The molecule has 1 atom stereocenters. The van der Waals surface area contributed by atoms with Crippen molar-refractivity contribution in [1.82, 2.24) is 0 Å². The van der Waals surface area contributed by atoms with Crippen LogP contribution in [0.3, 0.4) is 0 Å². The lowest BCUT2D eigenvalue weighted by Gasteiger charge is -2.06. The summed E-state index contributed by atoms with van der Waals surface area (Å²) in [6, 6.07) is 0. The van der Waals surface area contributed by atoms with Gasteiger partial charge in [-0.1, -0.05) is 6.92 Å². The normalized spacial score (nSPS) is 27.3. The van der Waals surface area contributed by atoms with Gasteiger partial charge in [0.05, 0.1) is 0 Å². The standard InChI is InChI=1S/C8H14O2/c1-2-4-7(9)8-5-3-6-10-8/h4,8-9H,2-3,5-6H2,1H3/b7-4-. The second-order valence-electron chi connectivity index (χ2n) is 2.54. The van der Waals surface area contributed by atoms with E-state index in [2.05, 4.69) is 0 Å². The van der Waals surface area contributed by atoms with Crippen molar-refractivity contribution >= 4 is 0 Å². The Morgan fingerprint density at radius 3 is 3.10 bits per heavy atom. The minimum atomic E-state index is -0.0000463. The Bertz CT molecular complexity index is 123. The first kappa shape index (κ1) is 7.61. The number of rotatable bonds is 2. The van der Waals surface area contributed by atoms with Gasteiger partial charge in [0, 0.05) is 6.61 Å². The Morgan fingerprint density at radius 1 is 1.80 bits per heavy atom. The lowest BCUT2D eigenvalue weighted by molar-refractivity contribution is 0.101. The zero-order valence-corrected chi connectivity index (χ0v) is 6.34. The van der Waals surface area contributed by atoms with E-state index >= 15 is 0 Å². The number of aliphatic hydroxyl groups excluding tert-OH is 1. The summed E-state index contributed by atoms with van der Waals surface area (Å²) in [4.78, 5) is 0. The Morgan fingerprint density at radius 2 is 2.60 bits per heavy atom. The van der Waals surface area contributed by atoms with Crippen molar-refractivity contribution in [3.8, 4) is 0 Å². The molecule has 0 aromatic heterocycles. The minimum Gasteiger partial charge on any atom is -0.510 e. The molecule has 0 aromatic rings. The van der Waals surface area contributed by atoms with Gasteiger partial charge in [-0.05, 0) is 25.3 Å². The maximum atomic E-state index is 9.29. The van der Waals surface area contributed by atoms with E-state index < -0.39 is 0 Å². The highest BCUT2D eigenvalue weighted by atomic mass is 16.5. The fraction of sp³-hybridized carbons (Fsp3) is 0.750. The number of allylic oxidation sites excluding steroid dienone is 1. The van der Waals surface area contributed by atoms with E-state index in [0.717, 1.165) is 25.9 Å². The van der Waals surface area contributed by atoms with Crippen molar-refractivity contribution in [3.05, 3.63) is 11.8 Å². The molecular formula is C8H14O2. The average Bonchev–Trinajstić information content (AvgIpc) is 2.38. The molecule has 1 rings (SSSR count). The Kier molecular flexibility index (Phi) is 2.75. The maximum Gasteiger partial charge on any atom is 0.117 e. The van der Waals surface area contributed by atoms with Crippen LogP contribution in [0.5, 0.6) is 0 Å². The van der Waals surface area contributed by atoms with Crippen molar-refractivity contribution in [2.24, 2.45) is 0 Å². The quantitative estimate of drug-likeness (QED) is 0.598. The third-order valence-electron chi connectivity index (χ3n) is 1.67. The topological polar surface area (TPSA) is 29.5 Å². The third kappa shape index (κ3) is 1.74. The summed E-state index contributed by atoms with van der Waals surface area (Å²) in [5, 5.41) is 9.29. The highest BCUT2D eigenvalue weighted by Gasteiger charge is 2.18. The smallest absolute Gasteiger partial charge is 0.117 e. The molecule has 1 unspecified atom stereocenters. The van der Waals surface area contributed by atoms with E-state index in [0.29, 0.717) is 5.76 Å². The summed E-state index contributed by atoms with van der Waals surface area (Å²) < 4.78 is 5.25. The third-order valence-corrected chi connectivity index (χ3v) is 1.67. The van der Waals surface area contributed by atoms with Gasteiger partial charge in [-0.2, -0.15) is 0 Å². The van der Waals surface area contributed by atoms with Crippen molar-refractivity contribution in [2.45, 2.75) is 32.3 Å². The molecule has 1 aliphatic rings. The van der Waals surface area contributed by atoms with Crippen molar-refractivity contribution in [1.29, 1.82) is 0 Å². The van der Waals surface area contributed by atoms with Gasteiger partial charge in [0.1, 0.15) is 11.9 Å². The van der Waals surface area contributed by atoms with Crippen LogP contribution in [0, 0.1) is 0 Å². The zero-order chi connectivity index (χ0) is 7.40. The van der Waals surface area contributed by atoms with Crippen LogP contribution in [-0.4, -0.2) is 17.8 Å². The van der Waals surface area contributed by atoms with Crippen LogP contribution >= 0.6 is 0 Å². The monoisotopic (exact) mass is 142 g/mol. The highest BCUT2D eigenvalue weighted by Crippen LogP contribution is 2.17. The van der Waals surface area contributed by atoms with E-state index in [1.165, 1.54) is 0 Å². The van der Waals surface area contributed by atoms with Gasteiger partial charge in [-0.3, -0.25) is 0 Å². The van der Waals surface area contributed by atoms with Crippen LogP contribution in [-0.2, 0) is 4.74 Å². The van der Waals surface area contributed by atoms with Crippen molar-refractivity contribution in [3.63, 3.8) is 0 Å². The van der Waals surface area contributed by atoms with Crippen LogP contribution < -0.4 is 0 Å². The lowest BCUT2D eigenvalue weighted by Crippen LogP contribution is -2.07. The fourth-order valence-corrected chi connectivity index (χ4v) is 1.15. The van der Waals surface area contributed by atoms with E-state index in [1.807, 2.05) is 13.0 Å². The first-order valence-electron chi connectivity index (χ1n) is 3.85. The van der Waals surface area contributed by atoms with E-state index in [-0.39, 0.29) is 6.10 Å². The summed E-state index contributed by atoms with van der Waals surface area (Å²) in [7, 11) is 0. The van der Waals surface area contributed by atoms with E-state index in [1.54, 1.807) is 0 Å². The molecular weight excluding hydrogens is 128 g/mol. The molecule has 0 saturated carbocycles. The predicted molar refractivity (Wildman–Crippen MR) is 40.0 cm³/mol. The van der Waals surface area contributed by atoms with E-state index in [4.69, 9.17) is 4.74 Å². The van der Waals surface area contributed by atoms with Crippen LogP contribution in [0.2, 0.25) is 0 Å². The maximum absolute atomic E-state index is 9.29. The van der Waals surface area contributed by atoms with Gasteiger partial charge >= 0.3 is 0 Å². The number of aliphatic hydroxyl groups is 1. The number of ether oxygens (including phenoxy) is 1. The Hall–Kier alpha value is -0.500. The van der Waals surface area contributed by atoms with Crippen LogP contribution in [0.1, 0.15) is 26.2 Å². The van der Waals surface area contributed by atoms with Gasteiger partial charge in [0.25, 0.3) is 0 Å². The van der Waals surface area contributed by atoms with Gasteiger partial charge < -0.3 is 9.84 Å². The van der Waals surface area contributed by atoms with Crippen LogP contribution in [0.15, 0.2) is 11.8 Å². The Labute approximate surface area is 61.5 Å². The molecule has 0 aliphatic carbocycles. The number of hydrogen-bond donors (Lipinski definition) is 1. The molecule has 10 heavy (non-hydrogen) atoms. The number of hydrogen-bond acceptors (Lipinski definition) is 2. The molecule has 1 N–H and O–H groups in total.